The standard InChI is InChI=1S/C23H26N2O2S/c1-16(2)17-6-8-18(9-7-17)23(21-5-4-14-28-21)24-15-22(26)25-19-10-12-20(27-3)13-11-19/h4-14,16,23-24H,15H2,1-3H3,(H,25,26)/p+1/t23-/m0/s1. The van der Waals surface area contributed by atoms with Crippen molar-refractivity contribution in [1.82, 2.24) is 0 Å². The Hall–Kier alpha value is -2.63. The van der Waals surface area contributed by atoms with Crippen molar-refractivity contribution in [2.24, 2.45) is 0 Å². The Kier molecular flexibility index (Phi) is 6.85. The molecule has 3 rings (SSSR count). The van der Waals surface area contributed by atoms with E-state index >= 15 is 0 Å². The maximum absolute atomic E-state index is 12.4. The maximum Gasteiger partial charge on any atom is 0.279 e. The van der Waals surface area contributed by atoms with E-state index in [1.807, 2.05) is 24.3 Å². The highest BCUT2D eigenvalue weighted by molar-refractivity contribution is 7.10. The van der Waals surface area contributed by atoms with Crippen LogP contribution in [0.2, 0.25) is 0 Å². The fourth-order valence-corrected chi connectivity index (χ4v) is 3.93. The molecule has 0 bridgehead atoms. The molecule has 0 unspecified atom stereocenters. The predicted octanol–water partition coefficient (Wildman–Crippen LogP) is 4.17. The van der Waals surface area contributed by atoms with Crippen LogP contribution < -0.4 is 15.4 Å². The first-order chi connectivity index (χ1) is 13.6. The van der Waals surface area contributed by atoms with Crippen LogP contribution in [0.5, 0.6) is 5.75 Å². The molecule has 0 spiro atoms. The van der Waals surface area contributed by atoms with Gasteiger partial charge in [-0.25, -0.2) is 0 Å². The van der Waals surface area contributed by atoms with Crippen molar-refractivity contribution in [2.45, 2.75) is 25.8 Å². The number of amides is 1. The van der Waals surface area contributed by atoms with Crippen LogP contribution in [0, 0.1) is 0 Å². The summed E-state index contributed by atoms with van der Waals surface area (Å²) in [6, 6.07) is 20.4. The number of rotatable bonds is 8. The highest BCUT2D eigenvalue weighted by Gasteiger charge is 2.20. The van der Waals surface area contributed by atoms with Gasteiger partial charge in [0, 0.05) is 11.3 Å². The molecule has 3 aromatic rings. The van der Waals surface area contributed by atoms with Gasteiger partial charge < -0.3 is 15.4 Å². The number of nitrogens with one attached hydrogen (secondary N) is 1. The molecule has 0 aliphatic rings. The first-order valence-corrected chi connectivity index (χ1v) is 10.3. The topological polar surface area (TPSA) is 54.9 Å². The molecule has 2 aromatic carbocycles. The summed E-state index contributed by atoms with van der Waals surface area (Å²) in [6.07, 6.45) is 0. The monoisotopic (exact) mass is 395 g/mol. The quantitative estimate of drug-likeness (QED) is 0.601. The third-order valence-electron chi connectivity index (χ3n) is 4.72. The Morgan fingerprint density at radius 2 is 1.71 bits per heavy atom. The van der Waals surface area contributed by atoms with E-state index in [0.29, 0.717) is 12.5 Å². The highest BCUT2D eigenvalue weighted by Crippen LogP contribution is 2.24. The first-order valence-electron chi connectivity index (χ1n) is 9.47. The lowest BCUT2D eigenvalue weighted by atomic mass is 9.98. The van der Waals surface area contributed by atoms with E-state index in [1.54, 1.807) is 18.4 Å². The molecule has 4 nitrogen and oxygen atoms in total. The van der Waals surface area contributed by atoms with Gasteiger partial charge in [-0.05, 0) is 47.2 Å². The lowest BCUT2D eigenvalue weighted by Gasteiger charge is -2.16. The summed E-state index contributed by atoms with van der Waals surface area (Å²) in [6.45, 7) is 4.74. The zero-order chi connectivity index (χ0) is 19.9. The summed E-state index contributed by atoms with van der Waals surface area (Å²) in [5.74, 6) is 1.26. The van der Waals surface area contributed by atoms with Gasteiger partial charge in [0.05, 0.1) is 12.0 Å². The van der Waals surface area contributed by atoms with Gasteiger partial charge in [0.2, 0.25) is 0 Å². The lowest BCUT2D eigenvalue weighted by Crippen LogP contribution is -2.87. The molecule has 0 saturated carbocycles. The second kappa shape index (κ2) is 9.53. The zero-order valence-electron chi connectivity index (χ0n) is 16.5. The SMILES string of the molecule is COc1ccc(NC(=O)C[NH2+][C@@H](c2ccc(C(C)C)cc2)c2cccs2)cc1. The lowest BCUT2D eigenvalue weighted by molar-refractivity contribution is -0.675. The molecule has 3 N–H and O–H groups in total. The minimum Gasteiger partial charge on any atom is -0.497 e. The summed E-state index contributed by atoms with van der Waals surface area (Å²) in [5, 5.41) is 7.12. The molecular formula is C23H27N2O2S+. The van der Waals surface area contributed by atoms with Crippen LogP contribution in [0.3, 0.4) is 0 Å². The number of carbonyl (C=O) groups is 1. The molecular weight excluding hydrogens is 368 g/mol. The maximum atomic E-state index is 12.4. The van der Waals surface area contributed by atoms with Crippen molar-refractivity contribution in [3.63, 3.8) is 0 Å². The van der Waals surface area contributed by atoms with E-state index in [9.17, 15) is 4.79 Å². The van der Waals surface area contributed by atoms with Crippen molar-refractivity contribution in [1.29, 1.82) is 0 Å². The molecule has 5 heteroatoms. The van der Waals surface area contributed by atoms with Crippen molar-refractivity contribution < 1.29 is 14.8 Å². The number of hydrogen-bond acceptors (Lipinski definition) is 3. The minimum absolute atomic E-state index is 0.0227. The third kappa shape index (κ3) is 5.21. The molecule has 1 atom stereocenters. The molecule has 1 heterocycles. The van der Waals surface area contributed by atoms with E-state index in [-0.39, 0.29) is 11.9 Å². The van der Waals surface area contributed by atoms with E-state index < -0.39 is 0 Å². The largest absolute Gasteiger partial charge is 0.497 e. The van der Waals surface area contributed by atoms with Crippen molar-refractivity contribution in [3.8, 4) is 5.75 Å². The van der Waals surface area contributed by atoms with E-state index in [0.717, 1.165) is 11.4 Å². The van der Waals surface area contributed by atoms with Gasteiger partial charge in [0.25, 0.3) is 5.91 Å². The van der Waals surface area contributed by atoms with E-state index in [1.165, 1.54) is 16.0 Å². The number of hydrogen-bond donors (Lipinski definition) is 2. The third-order valence-corrected chi connectivity index (χ3v) is 5.68. The van der Waals surface area contributed by atoms with Gasteiger partial charge in [0.15, 0.2) is 6.54 Å². The fourth-order valence-electron chi connectivity index (χ4n) is 3.08. The molecule has 28 heavy (non-hydrogen) atoms. The van der Waals surface area contributed by atoms with Gasteiger partial charge in [-0.3, -0.25) is 4.79 Å². The number of benzene rings is 2. The second-order valence-electron chi connectivity index (χ2n) is 7.03. The zero-order valence-corrected chi connectivity index (χ0v) is 17.3. The highest BCUT2D eigenvalue weighted by atomic mass is 32.1. The van der Waals surface area contributed by atoms with Crippen LogP contribution in [0.25, 0.3) is 0 Å². The smallest absolute Gasteiger partial charge is 0.279 e. The Bertz CT molecular complexity index is 872. The van der Waals surface area contributed by atoms with Crippen LogP contribution in [-0.2, 0) is 4.79 Å². The predicted molar refractivity (Wildman–Crippen MR) is 115 cm³/mol. The number of methoxy groups -OCH3 is 1. The average Bonchev–Trinajstić information content (AvgIpc) is 3.23. The Labute approximate surface area is 170 Å². The summed E-state index contributed by atoms with van der Waals surface area (Å²) >= 11 is 1.72. The molecule has 0 aliphatic carbocycles. The fraction of sp³-hybridized carbons (Fsp3) is 0.261. The molecule has 0 aliphatic heterocycles. The van der Waals surface area contributed by atoms with Gasteiger partial charge in [-0.1, -0.05) is 44.2 Å². The number of nitrogens with two attached hydrogens (primary N) is 1. The number of thiophene rings is 1. The normalized spacial score (nSPS) is 12.0. The Morgan fingerprint density at radius 1 is 1.04 bits per heavy atom. The van der Waals surface area contributed by atoms with Crippen LogP contribution in [0.1, 0.15) is 41.8 Å². The second-order valence-corrected chi connectivity index (χ2v) is 8.01. The van der Waals surface area contributed by atoms with Crippen molar-refractivity contribution in [3.05, 3.63) is 82.0 Å². The number of ether oxygens (including phenoxy) is 1. The summed E-state index contributed by atoms with van der Waals surface area (Å²) in [5.41, 5.74) is 3.31. The van der Waals surface area contributed by atoms with E-state index in [4.69, 9.17) is 4.74 Å². The van der Waals surface area contributed by atoms with E-state index in [2.05, 4.69) is 66.3 Å². The Balaban J connectivity index is 1.67. The number of carbonyl (C=O) groups excluding carboxylic acids is 1. The van der Waals surface area contributed by atoms with Crippen LogP contribution in [0.4, 0.5) is 5.69 Å². The molecule has 0 saturated heterocycles. The summed E-state index contributed by atoms with van der Waals surface area (Å²) < 4.78 is 5.15. The van der Waals surface area contributed by atoms with Gasteiger partial charge in [-0.2, -0.15) is 0 Å². The number of anilines is 1. The molecule has 146 valence electrons. The summed E-state index contributed by atoms with van der Waals surface area (Å²) in [4.78, 5) is 13.7. The van der Waals surface area contributed by atoms with Gasteiger partial charge in [-0.15, -0.1) is 11.3 Å². The minimum atomic E-state index is -0.0227. The molecule has 1 aromatic heterocycles. The van der Waals surface area contributed by atoms with Gasteiger partial charge >= 0.3 is 0 Å². The number of quaternary nitrogens is 1. The average molecular weight is 396 g/mol. The molecule has 0 fully saturated rings. The molecule has 0 radical (unpaired) electrons. The van der Waals surface area contributed by atoms with Crippen molar-refractivity contribution in [2.75, 3.05) is 19.0 Å². The summed E-state index contributed by atoms with van der Waals surface area (Å²) in [7, 11) is 1.63. The van der Waals surface area contributed by atoms with Gasteiger partial charge in [0.1, 0.15) is 11.8 Å². The van der Waals surface area contributed by atoms with Crippen LogP contribution >= 0.6 is 11.3 Å². The molecule has 1 amide bonds. The van der Waals surface area contributed by atoms with Crippen molar-refractivity contribution >= 4 is 22.9 Å². The van der Waals surface area contributed by atoms with Crippen LogP contribution in [-0.4, -0.2) is 19.6 Å². The Morgan fingerprint density at radius 3 is 2.29 bits per heavy atom. The van der Waals surface area contributed by atoms with Crippen LogP contribution in [0.15, 0.2) is 66.0 Å². The first kappa shape index (κ1) is 20.1.